The molecule has 3 aliphatic rings. The van der Waals surface area contributed by atoms with Gasteiger partial charge in [-0.3, -0.25) is 52.7 Å². The number of nitrogens with one attached hydrogen (secondary N) is 10. The Hall–Kier alpha value is -6.55. The molecule has 3 saturated heterocycles. The van der Waals surface area contributed by atoms with Crippen LogP contribution in [0.1, 0.15) is 181 Å². The van der Waals surface area contributed by atoms with Crippen molar-refractivity contribution in [2.75, 3.05) is 119 Å². The maximum Gasteiger partial charge on any atom is 0.303 e. The maximum atomic E-state index is 13.9. The number of hydrogen-bond acceptors (Lipinski definition) is 29. The van der Waals surface area contributed by atoms with Crippen molar-refractivity contribution in [3.8, 4) is 0 Å². The largest absolute Gasteiger partial charge is 0.481 e. The average Bonchev–Trinajstić information content (AvgIpc) is 0.821. The average molecular weight is 1630 g/mol. The quantitative estimate of drug-likeness (QED) is 0.0255. The van der Waals surface area contributed by atoms with Crippen molar-refractivity contribution in [3.63, 3.8) is 0 Å². The first-order valence-electron chi connectivity index (χ1n) is 39.5. The van der Waals surface area contributed by atoms with Crippen LogP contribution in [0.5, 0.6) is 0 Å². The summed E-state index contributed by atoms with van der Waals surface area (Å²) < 4.78 is 52.0. The summed E-state index contributed by atoms with van der Waals surface area (Å²) in [5.41, 5.74) is -1.42. The van der Waals surface area contributed by atoms with E-state index in [1.54, 1.807) is 0 Å². The van der Waals surface area contributed by atoms with Crippen molar-refractivity contribution in [1.82, 2.24) is 53.2 Å². The molecule has 0 spiro atoms. The van der Waals surface area contributed by atoms with Gasteiger partial charge in [0, 0.05) is 131 Å². The molecule has 652 valence electrons. The zero-order valence-corrected chi connectivity index (χ0v) is 65.7. The van der Waals surface area contributed by atoms with Gasteiger partial charge in [0.15, 0.2) is 18.9 Å². The Labute approximate surface area is 659 Å². The number of carboxylic acids is 1. The number of amides is 10. The van der Waals surface area contributed by atoms with E-state index in [0.717, 1.165) is 38.5 Å². The highest BCUT2D eigenvalue weighted by Gasteiger charge is 2.48. The number of carbonyl (C=O) groups excluding carboxylic acids is 10. The lowest BCUT2D eigenvalue weighted by atomic mass is 9.97. The summed E-state index contributed by atoms with van der Waals surface area (Å²) in [6.07, 6.45) is -5.59. The summed E-state index contributed by atoms with van der Waals surface area (Å²) in [7, 11) is 0. The number of carboxylic acid groups (broad SMARTS) is 1. The van der Waals surface area contributed by atoms with Crippen LogP contribution >= 0.6 is 0 Å². The minimum atomic E-state index is -1.46. The van der Waals surface area contributed by atoms with Crippen molar-refractivity contribution in [2.24, 2.45) is 0 Å². The fourth-order valence-electron chi connectivity index (χ4n) is 12.3. The number of hydrogen-bond donors (Lipinski definition) is 20. The zero-order valence-electron chi connectivity index (χ0n) is 65.7. The fraction of sp³-hybridized carbons (Fsp3) is 0.849. The topological polar surface area (TPSA) is 593 Å². The molecular formula is C73H130N10O30. The molecule has 3 aliphatic heterocycles. The van der Waals surface area contributed by atoms with E-state index in [9.17, 15) is 98.7 Å². The molecule has 20 N–H and O–H groups in total. The van der Waals surface area contributed by atoms with Crippen LogP contribution in [0.15, 0.2) is 0 Å². The van der Waals surface area contributed by atoms with Gasteiger partial charge < -0.3 is 147 Å². The van der Waals surface area contributed by atoms with E-state index >= 15 is 0 Å². The molecule has 10 amide bonds. The minimum Gasteiger partial charge on any atom is -0.481 e. The molecule has 0 aromatic carbocycles. The molecule has 0 saturated carbocycles. The van der Waals surface area contributed by atoms with E-state index in [1.807, 2.05) is 0 Å². The van der Waals surface area contributed by atoms with Crippen molar-refractivity contribution >= 4 is 65.0 Å². The molecule has 40 heteroatoms. The van der Waals surface area contributed by atoms with Crippen LogP contribution in [0, 0.1) is 0 Å². The lowest BCUT2D eigenvalue weighted by Crippen LogP contribution is -2.64. The number of ether oxygens (including phenoxy) is 9. The predicted octanol–water partition coefficient (Wildman–Crippen LogP) is -4.69. The summed E-state index contributed by atoms with van der Waals surface area (Å²) in [5.74, 6) is -4.58. The van der Waals surface area contributed by atoms with E-state index in [4.69, 9.17) is 47.7 Å². The fourth-order valence-corrected chi connectivity index (χ4v) is 12.3. The van der Waals surface area contributed by atoms with Gasteiger partial charge in [0.1, 0.15) is 78.6 Å². The van der Waals surface area contributed by atoms with Gasteiger partial charge in [-0.25, -0.2) is 0 Å². The Kier molecular flexibility index (Phi) is 52.7. The number of rotatable bonds is 63. The number of aliphatic hydroxyl groups is 9. The van der Waals surface area contributed by atoms with Crippen LogP contribution in [0.25, 0.3) is 0 Å². The molecule has 40 nitrogen and oxygen atoms in total. The smallest absolute Gasteiger partial charge is 0.303 e. The molecule has 3 heterocycles. The van der Waals surface area contributed by atoms with Crippen LogP contribution in [-0.2, 0) is 95.4 Å². The van der Waals surface area contributed by atoms with E-state index in [2.05, 4.69) is 53.2 Å². The maximum absolute atomic E-state index is 13.9. The van der Waals surface area contributed by atoms with Crippen LogP contribution in [0.4, 0.5) is 0 Å². The third-order valence-corrected chi connectivity index (χ3v) is 18.5. The molecule has 3 fully saturated rings. The zero-order chi connectivity index (χ0) is 83.4. The van der Waals surface area contributed by atoms with Gasteiger partial charge in [-0.05, 0) is 70.6 Å². The molecule has 3 rings (SSSR count). The number of unbranched alkanes of at least 4 members (excludes halogenated alkanes) is 10. The molecule has 113 heavy (non-hydrogen) atoms. The standard InChI is InChI=1S/C73H130N10O30/c1-47(87)80-61-67(102)64(99)50(41-84)111-70(61)108-35-15-12-21-53(90)74-29-18-32-77-56(93)26-38-105-44-73(83-59(96)24-10-8-6-4-5-7-9-11-25-60(97)98,45-106-39-27-57(94)78-33-19-30-75-54(91)22-13-16-36-109-71-62(81-48(2)88)68(103)65(100)51(42-85)112-71)46-107-40-28-58(95)79-34-20-31-76-55(92)23-14-17-37-110-72-63(82-49(3)89)69(104)66(101)52(43-86)113-72/h50-52,61-72,84-86,99-104H,4-46H2,1-3H3,(H,74,90)(H,75,91)(H,76,92)(H,77,93)(H,78,94)(H,79,95)(H,80,87)(H,81,88)(H,82,89)(H,83,96)(H,97,98)/t50?,51?,52?,61?,62?,63?,64-,65-,66-,67?,68?,69?,70-,71-,72-,73?/m1/s1. The summed E-state index contributed by atoms with van der Waals surface area (Å²) in [6, 6.07) is -3.29. The first-order valence-corrected chi connectivity index (χ1v) is 39.5. The first kappa shape index (κ1) is 101. The summed E-state index contributed by atoms with van der Waals surface area (Å²) in [5, 5.41) is 127. The number of aliphatic hydroxyl groups excluding tert-OH is 9. The van der Waals surface area contributed by atoms with Crippen molar-refractivity contribution in [1.29, 1.82) is 0 Å². The third kappa shape index (κ3) is 43.3. The van der Waals surface area contributed by atoms with Crippen LogP contribution in [0.3, 0.4) is 0 Å². The summed E-state index contributed by atoms with van der Waals surface area (Å²) in [4.78, 5) is 137. The van der Waals surface area contributed by atoms with Crippen molar-refractivity contribution in [2.45, 2.75) is 279 Å². The van der Waals surface area contributed by atoms with Gasteiger partial charge in [0.2, 0.25) is 59.1 Å². The highest BCUT2D eigenvalue weighted by atomic mass is 16.7. The van der Waals surface area contributed by atoms with Crippen molar-refractivity contribution < 1.29 is 146 Å². The highest BCUT2D eigenvalue weighted by Crippen LogP contribution is 2.26. The third-order valence-electron chi connectivity index (χ3n) is 18.5. The van der Waals surface area contributed by atoms with Crippen LogP contribution < -0.4 is 53.2 Å². The Balaban J connectivity index is 1.55. The minimum absolute atomic E-state index is 0.0755. The van der Waals surface area contributed by atoms with Crippen LogP contribution in [0.2, 0.25) is 0 Å². The summed E-state index contributed by atoms with van der Waals surface area (Å²) in [6.45, 7) is 2.33. The SMILES string of the molecule is CC(=O)NC1C(O)[C@H](O)C(CO)O[C@H]1OCCCCC(=O)NCCCNC(=O)CCOCC(COCCC(=O)NCCCNC(=O)CCCCO[C@@H]1OC(CO)[C@@H](O)C(O)C1NC(C)=O)(COCCC(=O)NCCCNC(=O)CCCCO[C@@H]1OC(CO)[C@@H](O)C(O)C1NC(C)=O)NC(=O)CCCCCCCCCCC(=O)O. The lowest BCUT2D eigenvalue weighted by molar-refractivity contribution is -0.270. The van der Waals surface area contributed by atoms with Gasteiger partial charge >= 0.3 is 5.97 Å². The van der Waals surface area contributed by atoms with Gasteiger partial charge in [-0.2, -0.15) is 0 Å². The van der Waals surface area contributed by atoms with Gasteiger partial charge in [-0.15, -0.1) is 0 Å². The molecule has 15 atom stereocenters. The van der Waals surface area contributed by atoms with Gasteiger partial charge in [0.25, 0.3) is 0 Å². The number of carbonyl (C=O) groups is 11. The first-order chi connectivity index (χ1) is 54.1. The highest BCUT2D eigenvalue weighted by molar-refractivity contribution is 5.79. The normalized spacial score (nSPS) is 24.0. The van der Waals surface area contributed by atoms with E-state index in [0.29, 0.717) is 70.6 Å². The lowest BCUT2D eigenvalue weighted by Gasteiger charge is -2.42. The van der Waals surface area contributed by atoms with Crippen molar-refractivity contribution in [3.05, 3.63) is 0 Å². The van der Waals surface area contributed by atoms with E-state index < -0.39 is 141 Å². The predicted molar refractivity (Wildman–Crippen MR) is 398 cm³/mol. The molecule has 0 aromatic rings. The molecular weight excluding hydrogens is 1500 g/mol. The Morgan fingerprint density at radius 3 is 0.823 bits per heavy atom. The van der Waals surface area contributed by atoms with E-state index in [1.165, 1.54) is 20.8 Å². The Morgan fingerprint density at radius 1 is 0.310 bits per heavy atom. The second-order valence-electron chi connectivity index (χ2n) is 28.4. The van der Waals surface area contributed by atoms with E-state index in [-0.39, 0.29) is 191 Å². The second-order valence-corrected chi connectivity index (χ2v) is 28.4. The molecule has 0 radical (unpaired) electrons. The molecule has 9 unspecified atom stereocenters. The van der Waals surface area contributed by atoms with Crippen LogP contribution in [-0.4, -0.2) is 332 Å². The van der Waals surface area contributed by atoms with Gasteiger partial charge in [0.05, 0.1) is 59.5 Å². The Morgan fingerprint density at radius 2 is 0.558 bits per heavy atom. The second kappa shape index (κ2) is 59.2. The molecule has 0 aliphatic carbocycles. The van der Waals surface area contributed by atoms with Gasteiger partial charge in [-0.1, -0.05) is 38.5 Å². The summed E-state index contributed by atoms with van der Waals surface area (Å²) >= 11 is 0. The molecule has 0 aromatic heterocycles. The number of aliphatic carboxylic acids is 1. The Bertz CT molecular complexity index is 2530. The molecule has 0 bridgehead atoms. The monoisotopic (exact) mass is 1630 g/mol.